The summed E-state index contributed by atoms with van der Waals surface area (Å²) in [5.74, 6) is 0.991. The standard InChI is InChI=1S/C17H26N8O/c1-2-25-17-15(21-22-25)16(18-12-19-17)24-9-7-23(8-10-24)11-14(26)20-13-5-3-4-6-13/h12-13H,2-11H2,1H3,(H,20,26). The van der Waals surface area contributed by atoms with Crippen molar-refractivity contribution in [2.24, 2.45) is 0 Å². The zero-order valence-electron chi connectivity index (χ0n) is 15.3. The maximum Gasteiger partial charge on any atom is 0.234 e. The molecule has 0 atom stereocenters. The number of hydrogen-bond acceptors (Lipinski definition) is 7. The molecule has 2 aromatic rings. The molecule has 0 spiro atoms. The lowest BCUT2D eigenvalue weighted by molar-refractivity contribution is -0.123. The number of fused-ring (bicyclic) bond motifs is 1. The van der Waals surface area contributed by atoms with Crippen LogP contribution < -0.4 is 10.2 Å². The molecule has 1 amide bonds. The summed E-state index contributed by atoms with van der Waals surface area (Å²) in [6, 6.07) is 0.388. The van der Waals surface area contributed by atoms with Gasteiger partial charge in [-0.1, -0.05) is 18.1 Å². The highest BCUT2D eigenvalue weighted by Crippen LogP contribution is 2.22. The Morgan fingerprint density at radius 2 is 1.96 bits per heavy atom. The second-order valence-corrected chi connectivity index (χ2v) is 7.09. The molecule has 0 bridgehead atoms. The Labute approximate surface area is 152 Å². The topological polar surface area (TPSA) is 92.1 Å². The van der Waals surface area contributed by atoms with Gasteiger partial charge in [-0.2, -0.15) is 0 Å². The first-order valence-electron chi connectivity index (χ1n) is 9.55. The molecule has 2 aliphatic rings. The highest BCUT2D eigenvalue weighted by Gasteiger charge is 2.24. The van der Waals surface area contributed by atoms with Crippen molar-refractivity contribution in [1.82, 2.24) is 35.2 Å². The third kappa shape index (κ3) is 3.48. The van der Waals surface area contributed by atoms with Crippen LogP contribution in [0.2, 0.25) is 0 Å². The van der Waals surface area contributed by atoms with Gasteiger partial charge in [0.15, 0.2) is 17.0 Å². The smallest absolute Gasteiger partial charge is 0.234 e. The first kappa shape index (κ1) is 17.1. The van der Waals surface area contributed by atoms with E-state index in [4.69, 9.17) is 0 Å². The molecule has 0 radical (unpaired) electrons. The molecule has 26 heavy (non-hydrogen) atoms. The summed E-state index contributed by atoms with van der Waals surface area (Å²) in [5, 5.41) is 11.6. The van der Waals surface area contributed by atoms with Crippen LogP contribution in [0.25, 0.3) is 11.2 Å². The number of rotatable bonds is 5. The van der Waals surface area contributed by atoms with E-state index in [1.807, 2.05) is 6.92 Å². The number of anilines is 1. The number of carbonyl (C=O) groups is 1. The lowest BCUT2D eigenvalue weighted by Crippen LogP contribution is -2.50. The fourth-order valence-electron chi connectivity index (χ4n) is 3.89. The van der Waals surface area contributed by atoms with E-state index in [1.165, 1.54) is 12.8 Å². The van der Waals surface area contributed by atoms with Crippen LogP contribution in [0, 0.1) is 0 Å². The van der Waals surface area contributed by atoms with Crippen LogP contribution in [-0.4, -0.2) is 74.5 Å². The van der Waals surface area contributed by atoms with E-state index in [9.17, 15) is 4.79 Å². The van der Waals surface area contributed by atoms with Gasteiger partial charge >= 0.3 is 0 Å². The summed E-state index contributed by atoms with van der Waals surface area (Å²) in [4.78, 5) is 25.4. The zero-order chi connectivity index (χ0) is 17.9. The number of amides is 1. The average molecular weight is 358 g/mol. The van der Waals surface area contributed by atoms with Gasteiger partial charge in [-0.15, -0.1) is 5.10 Å². The van der Waals surface area contributed by atoms with E-state index >= 15 is 0 Å². The number of aryl methyl sites for hydroxylation is 1. The Morgan fingerprint density at radius 3 is 2.69 bits per heavy atom. The van der Waals surface area contributed by atoms with Crippen molar-refractivity contribution in [2.45, 2.75) is 45.2 Å². The molecular weight excluding hydrogens is 332 g/mol. The first-order valence-corrected chi connectivity index (χ1v) is 9.55. The first-order chi connectivity index (χ1) is 12.7. The number of nitrogens with zero attached hydrogens (tertiary/aromatic N) is 7. The van der Waals surface area contributed by atoms with Crippen molar-refractivity contribution < 1.29 is 4.79 Å². The minimum absolute atomic E-state index is 0.153. The van der Waals surface area contributed by atoms with Crippen LogP contribution in [0.15, 0.2) is 6.33 Å². The quantitative estimate of drug-likeness (QED) is 0.828. The van der Waals surface area contributed by atoms with Crippen molar-refractivity contribution in [3.63, 3.8) is 0 Å². The van der Waals surface area contributed by atoms with Gasteiger partial charge in [0.25, 0.3) is 0 Å². The van der Waals surface area contributed by atoms with Crippen LogP contribution in [-0.2, 0) is 11.3 Å². The van der Waals surface area contributed by atoms with E-state index in [0.29, 0.717) is 12.6 Å². The fraction of sp³-hybridized carbons (Fsp3) is 0.706. The van der Waals surface area contributed by atoms with Crippen molar-refractivity contribution in [3.8, 4) is 0 Å². The lowest BCUT2D eigenvalue weighted by Gasteiger charge is -2.35. The Morgan fingerprint density at radius 1 is 1.19 bits per heavy atom. The molecule has 4 rings (SSSR count). The summed E-state index contributed by atoms with van der Waals surface area (Å²) in [7, 11) is 0. The van der Waals surface area contributed by atoms with Gasteiger partial charge in [-0.05, 0) is 19.8 Å². The number of piperazine rings is 1. The van der Waals surface area contributed by atoms with E-state index in [0.717, 1.165) is 62.5 Å². The van der Waals surface area contributed by atoms with Crippen LogP contribution in [0.4, 0.5) is 5.82 Å². The van der Waals surface area contributed by atoms with Gasteiger partial charge in [0.1, 0.15) is 6.33 Å². The maximum absolute atomic E-state index is 12.2. The predicted molar refractivity (Wildman–Crippen MR) is 97.8 cm³/mol. The largest absolute Gasteiger partial charge is 0.352 e. The van der Waals surface area contributed by atoms with Gasteiger partial charge in [0.05, 0.1) is 6.54 Å². The molecule has 9 nitrogen and oxygen atoms in total. The summed E-state index contributed by atoms with van der Waals surface area (Å²) < 4.78 is 1.78. The van der Waals surface area contributed by atoms with Crippen molar-refractivity contribution in [2.75, 3.05) is 37.6 Å². The normalized spacial score (nSPS) is 19.3. The minimum atomic E-state index is 0.153. The molecule has 2 fully saturated rings. The van der Waals surface area contributed by atoms with Crippen molar-refractivity contribution in [1.29, 1.82) is 0 Å². The van der Waals surface area contributed by atoms with Crippen LogP contribution >= 0.6 is 0 Å². The third-order valence-electron chi connectivity index (χ3n) is 5.34. The van der Waals surface area contributed by atoms with Crippen molar-refractivity contribution in [3.05, 3.63) is 6.33 Å². The molecule has 140 valence electrons. The van der Waals surface area contributed by atoms with E-state index in [1.54, 1.807) is 11.0 Å². The summed E-state index contributed by atoms with van der Waals surface area (Å²) in [5.41, 5.74) is 1.53. The summed E-state index contributed by atoms with van der Waals surface area (Å²) >= 11 is 0. The highest BCUT2D eigenvalue weighted by molar-refractivity contribution is 5.82. The van der Waals surface area contributed by atoms with Crippen molar-refractivity contribution >= 4 is 22.9 Å². The summed E-state index contributed by atoms with van der Waals surface area (Å²) in [6.07, 6.45) is 6.30. The van der Waals surface area contributed by atoms with Crippen LogP contribution in [0.3, 0.4) is 0 Å². The van der Waals surface area contributed by atoms with E-state index < -0.39 is 0 Å². The highest BCUT2D eigenvalue weighted by atomic mass is 16.2. The molecule has 9 heteroatoms. The summed E-state index contributed by atoms with van der Waals surface area (Å²) in [6.45, 7) is 6.55. The molecule has 1 saturated carbocycles. The van der Waals surface area contributed by atoms with Gasteiger partial charge in [0, 0.05) is 38.8 Å². The number of hydrogen-bond donors (Lipinski definition) is 1. The van der Waals surface area contributed by atoms with E-state index in [2.05, 4.69) is 35.4 Å². The Bertz CT molecular complexity index is 761. The van der Waals surface area contributed by atoms with Gasteiger partial charge in [-0.25, -0.2) is 14.6 Å². The molecule has 0 aromatic carbocycles. The van der Waals surface area contributed by atoms with Crippen LogP contribution in [0.5, 0.6) is 0 Å². The Hall–Kier alpha value is -2.29. The van der Waals surface area contributed by atoms with E-state index in [-0.39, 0.29) is 5.91 Å². The minimum Gasteiger partial charge on any atom is -0.352 e. The molecular formula is C17H26N8O. The zero-order valence-corrected chi connectivity index (χ0v) is 15.3. The molecule has 1 saturated heterocycles. The Kier molecular flexibility index (Phi) is 4.96. The number of aromatic nitrogens is 5. The van der Waals surface area contributed by atoms with Gasteiger partial charge in [-0.3, -0.25) is 9.69 Å². The molecule has 1 N–H and O–H groups in total. The molecule has 2 aromatic heterocycles. The van der Waals surface area contributed by atoms with Gasteiger partial charge < -0.3 is 10.2 Å². The monoisotopic (exact) mass is 358 g/mol. The molecule has 1 aliphatic heterocycles. The average Bonchev–Trinajstić information content (AvgIpc) is 3.31. The number of carbonyl (C=O) groups excluding carboxylic acids is 1. The second kappa shape index (κ2) is 7.53. The fourth-order valence-corrected chi connectivity index (χ4v) is 3.89. The second-order valence-electron chi connectivity index (χ2n) is 7.09. The van der Waals surface area contributed by atoms with Gasteiger partial charge in [0.2, 0.25) is 5.91 Å². The third-order valence-corrected chi connectivity index (χ3v) is 5.34. The molecule has 3 heterocycles. The SMILES string of the molecule is CCn1nnc2c(N3CCN(CC(=O)NC4CCCC4)CC3)ncnc21. The number of nitrogens with one attached hydrogen (secondary N) is 1. The molecule has 1 aliphatic carbocycles. The van der Waals surface area contributed by atoms with Crippen LogP contribution in [0.1, 0.15) is 32.6 Å². The molecule has 0 unspecified atom stereocenters. The maximum atomic E-state index is 12.2. The predicted octanol–water partition coefficient (Wildman–Crippen LogP) is 0.422. The Balaban J connectivity index is 1.35. The lowest BCUT2D eigenvalue weighted by atomic mass is 10.2.